The van der Waals surface area contributed by atoms with Crippen molar-refractivity contribution in [3.05, 3.63) is 132 Å². The molecule has 540 valence electrons. The number of aromatic nitrogens is 2. The first-order chi connectivity index (χ1) is 46.7. The van der Waals surface area contributed by atoms with E-state index in [0.717, 1.165) is 55.9 Å². The standard InChI is InChI=1S/C45H64N2O10.C35H52N2O4/c1-10-13-25-56-43(53)35(26-30(4)32-17-15-14-16-18-32)38(49)28-36(42(52)55-9)37(48)27-34(41(51)54-8)19-20-40(33-21-23-46-24-22-33)57-47-44(6,11-2)29-39(50)31(5)45(47,7)12-3;1-8-11-23-40-33(39)30(24-26(4)28-15-13-12-14-16-28)17-18-32(29-19-21-36-22-20-29)41-37-34(6,9-2)25-31(38)27(5)35(37,7)10-3/h14-18,21-24,30-31,34-36,40H,10-13,19-20,25-29H2,1-9H3;12-16,19-22,26-27,30,32H,8-11,17-18,23-25H2,1-7H3. The number of nitrogens with zero attached hydrogens (tertiary/aromatic N) is 4. The Bertz CT molecular complexity index is 3160. The Morgan fingerprint density at radius 3 is 1.28 bits per heavy atom. The zero-order chi connectivity index (χ0) is 72.4. The number of esters is 4. The molecule has 14 unspecified atom stereocenters. The molecular weight excluding hydrogens is 1240 g/mol. The average molecular weight is 1360 g/mol. The maximum atomic E-state index is 14.0. The molecule has 2 aliphatic heterocycles. The predicted octanol–water partition coefficient (Wildman–Crippen LogP) is 16.0. The molecule has 18 nitrogen and oxygen atoms in total. The minimum Gasteiger partial charge on any atom is -0.469 e. The van der Waals surface area contributed by atoms with Gasteiger partial charge in [-0.1, -0.05) is 143 Å². The van der Waals surface area contributed by atoms with Crippen molar-refractivity contribution < 1.29 is 67.0 Å². The summed E-state index contributed by atoms with van der Waals surface area (Å²) < 4.78 is 21.4. The summed E-state index contributed by atoms with van der Waals surface area (Å²) in [6, 6.07) is 27.5. The van der Waals surface area contributed by atoms with Crippen LogP contribution in [0.5, 0.6) is 0 Å². The molecule has 2 fully saturated rings. The van der Waals surface area contributed by atoms with Gasteiger partial charge in [0.15, 0.2) is 0 Å². The van der Waals surface area contributed by atoms with Crippen LogP contribution in [0.3, 0.4) is 0 Å². The maximum Gasteiger partial charge on any atom is 0.316 e. The van der Waals surface area contributed by atoms with Crippen molar-refractivity contribution in [3.63, 3.8) is 0 Å². The Hall–Kier alpha value is -6.86. The van der Waals surface area contributed by atoms with Crippen LogP contribution in [-0.2, 0) is 67.0 Å². The van der Waals surface area contributed by atoms with Crippen molar-refractivity contribution in [1.29, 1.82) is 0 Å². The van der Waals surface area contributed by atoms with Crippen molar-refractivity contribution in [1.82, 2.24) is 20.1 Å². The summed E-state index contributed by atoms with van der Waals surface area (Å²) in [6.07, 6.45) is 14.5. The van der Waals surface area contributed by atoms with Gasteiger partial charge in [-0.25, -0.2) is 0 Å². The number of carbonyl (C=O) groups excluding carboxylic acids is 8. The minimum atomic E-state index is -1.55. The van der Waals surface area contributed by atoms with E-state index in [9.17, 15) is 38.4 Å². The fourth-order valence-corrected chi connectivity index (χ4v) is 13.9. The van der Waals surface area contributed by atoms with Gasteiger partial charge >= 0.3 is 23.9 Å². The Balaban J connectivity index is 0.000000373. The van der Waals surface area contributed by atoms with Gasteiger partial charge in [0.25, 0.3) is 0 Å². The molecule has 0 bridgehead atoms. The Kier molecular flexibility index (Phi) is 32.7. The van der Waals surface area contributed by atoms with Crippen molar-refractivity contribution in [2.45, 2.75) is 259 Å². The molecule has 4 heterocycles. The zero-order valence-corrected chi connectivity index (χ0v) is 61.8. The second-order valence-electron chi connectivity index (χ2n) is 28.4. The molecule has 4 aromatic rings. The van der Waals surface area contributed by atoms with Crippen LogP contribution in [0.2, 0.25) is 0 Å². The van der Waals surface area contributed by atoms with E-state index in [4.69, 9.17) is 28.6 Å². The first-order valence-electron chi connectivity index (χ1n) is 36.1. The lowest BCUT2D eigenvalue weighted by Gasteiger charge is -2.56. The highest BCUT2D eigenvalue weighted by Crippen LogP contribution is 2.48. The monoisotopic (exact) mass is 1360 g/mol. The van der Waals surface area contributed by atoms with E-state index in [1.54, 1.807) is 24.8 Å². The van der Waals surface area contributed by atoms with E-state index in [1.807, 2.05) is 133 Å². The maximum absolute atomic E-state index is 14.0. The van der Waals surface area contributed by atoms with E-state index >= 15 is 0 Å². The Morgan fingerprint density at radius 1 is 0.480 bits per heavy atom. The SMILES string of the molecule is CCCCOC(=O)C(CC(C)c1ccccc1)C(=O)CC(C(=O)CC(CCC(ON1C(C)(CC)CC(=O)C(C)C1(C)CC)c1ccncc1)C(=O)OC)C(=O)OC.CCCCOC(=O)C(CCC(ON1C(C)(CC)CC(=O)C(C)C1(C)CC)c1ccncc1)CC(C)c1ccccc1. The van der Waals surface area contributed by atoms with Crippen LogP contribution in [0.4, 0.5) is 0 Å². The lowest BCUT2D eigenvalue weighted by molar-refractivity contribution is -0.319. The quantitative estimate of drug-likeness (QED) is 0.0176. The summed E-state index contributed by atoms with van der Waals surface area (Å²) in [4.78, 5) is 130. The number of Topliss-reactive ketones (excluding diaryl/α,β-unsaturated/α-hetero) is 4. The van der Waals surface area contributed by atoms with Crippen LogP contribution in [0.25, 0.3) is 0 Å². The van der Waals surface area contributed by atoms with Gasteiger partial charge in [0.2, 0.25) is 0 Å². The van der Waals surface area contributed by atoms with Gasteiger partial charge in [-0.15, -0.1) is 0 Å². The molecule has 2 aliphatic rings. The second kappa shape index (κ2) is 39.2. The molecular formula is C80H116N4O14. The van der Waals surface area contributed by atoms with Gasteiger partial charge in [0, 0.05) is 62.3 Å². The number of piperidine rings is 2. The van der Waals surface area contributed by atoms with Gasteiger partial charge in [-0.2, -0.15) is 10.1 Å². The predicted molar refractivity (Wildman–Crippen MR) is 379 cm³/mol. The molecule has 6 rings (SSSR count). The molecule has 0 N–H and O–H groups in total. The molecule has 0 radical (unpaired) electrons. The highest BCUT2D eigenvalue weighted by Gasteiger charge is 2.56. The Labute approximate surface area is 585 Å². The highest BCUT2D eigenvalue weighted by atomic mass is 16.7. The number of methoxy groups -OCH3 is 2. The van der Waals surface area contributed by atoms with Crippen LogP contribution in [0.15, 0.2) is 110 Å². The van der Waals surface area contributed by atoms with Crippen LogP contribution >= 0.6 is 0 Å². The van der Waals surface area contributed by atoms with Gasteiger partial charge in [-0.3, -0.25) is 58.0 Å². The summed E-state index contributed by atoms with van der Waals surface area (Å²) in [6.45, 7) is 29.4. The van der Waals surface area contributed by atoms with Crippen molar-refractivity contribution >= 4 is 47.0 Å². The highest BCUT2D eigenvalue weighted by molar-refractivity contribution is 6.07. The summed E-state index contributed by atoms with van der Waals surface area (Å²) in [5.74, 6) is -7.67. The number of unbranched alkanes of at least 4 members (excludes halogenated alkanes) is 2. The number of hydrogen-bond acceptors (Lipinski definition) is 18. The molecule has 2 aromatic carbocycles. The number of carbonyl (C=O) groups is 8. The molecule has 0 saturated carbocycles. The number of ether oxygens (including phenoxy) is 4. The average Bonchev–Trinajstić information content (AvgIpc) is 0.749. The summed E-state index contributed by atoms with van der Waals surface area (Å²) in [5.41, 5.74) is 1.89. The fraction of sp³-hybridized carbons (Fsp3) is 0.625. The topological polar surface area (TPSA) is 224 Å². The van der Waals surface area contributed by atoms with Crippen molar-refractivity contribution in [3.8, 4) is 0 Å². The third-order valence-electron chi connectivity index (χ3n) is 21.7. The second-order valence-corrected chi connectivity index (χ2v) is 28.4. The van der Waals surface area contributed by atoms with Crippen molar-refractivity contribution in [2.24, 2.45) is 35.5 Å². The van der Waals surface area contributed by atoms with Gasteiger partial charge in [0.05, 0.1) is 61.4 Å². The van der Waals surface area contributed by atoms with Gasteiger partial charge in [-0.05, 0) is 163 Å². The number of ketones is 4. The molecule has 0 aliphatic carbocycles. The number of rotatable bonds is 38. The van der Waals surface area contributed by atoms with Crippen LogP contribution < -0.4 is 0 Å². The third kappa shape index (κ3) is 21.6. The summed E-state index contributed by atoms with van der Waals surface area (Å²) in [5, 5.41) is 4.13. The van der Waals surface area contributed by atoms with Crippen LogP contribution in [0, 0.1) is 35.5 Å². The number of pyridine rings is 2. The van der Waals surface area contributed by atoms with E-state index in [2.05, 4.69) is 68.7 Å². The third-order valence-corrected chi connectivity index (χ3v) is 21.7. The van der Waals surface area contributed by atoms with E-state index in [-0.39, 0.29) is 73.3 Å². The van der Waals surface area contributed by atoms with Crippen molar-refractivity contribution in [2.75, 3.05) is 27.4 Å². The molecule has 14 atom stereocenters. The lowest BCUT2D eigenvalue weighted by Crippen LogP contribution is -2.66. The normalized spacial score (nSPS) is 23.7. The first kappa shape index (κ1) is 81.8. The molecule has 2 aromatic heterocycles. The number of hydroxylamine groups is 4. The zero-order valence-electron chi connectivity index (χ0n) is 61.8. The number of hydrogen-bond donors (Lipinski definition) is 0. The molecule has 18 heteroatoms. The van der Waals surface area contributed by atoms with E-state index in [0.29, 0.717) is 63.8 Å². The number of benzene rings is 2. The molecule has 0 spiro atoms. The summed E-state index contributed by atoms with van der Waals surface area (Å²) >= 11 is 0. The fourth-order valence-electron chi connectivity index (χ4n) is 13.9. The summed E-state index contributed by atoms with van der Waals surface area (Å²) in [7, 11) is 2.35. The Morgan fingerprint density at radius 2 is 0.878 bits per heavy atom. The van der Waals surface area contributed by atoms with E-state index < -0.39 is 88.3 Å². The molecule has 0 amide bonds. The van der Waals surface area contributed by atoms with Crippen LogP contribution in [0.1, 0.15) is 259 Å². The smallest absolute Gasteiger partial charge is 0.316 e. The largest absolute Gasteiger partial charge is 0.469 e. The molecule has 98 heavy (non-hydrogen) atoms. The minimum absolute atomic E-state index is 0.120. The van der Waals surface area contributed by atoms with Gasteiger partial charge in [0.1, 0.15) is 47.2 Å². The van der Waals surface area contributed by atoms with Gasteiger partial charge < -0.3 is 18.9 Å². The first-order valence-corrected chi connectivity index (χ1v) is 36.1. The molecule has 2 saturated heterocycles. The van der Waals surface area contributed by atoms with Crippen LogP contribution in [-0.4, -0.2) is 117 Å². The van der Waals surface area contributed by atoms with E-state index in [1.165, 1.54) is 12.7 Å². The lowest BCUT2D eigenvalue weighted by atomic mass is 9.70.